The number of hydrogen-bond donors (Lipinski definition) is 2. The lowest BCUT2D eigenvalue weighted by molar-refractivity contribution is -0.145. The minimum atomic E-state index is -1.01. The van der Waals surface area contributed by atoms with Gasteiger partial charge in [0.15, 0.2) is 0 Å². The lowest BCUT2D eigenvalue weighted by Gasteiger charge is -2.38. The number of nitrogens with one attached hydrogen (secondary N) is 1. The molecule has 4 aliphatic rings. The van der Waals surface area contributed by atoms with Gasteiger partial charge in [0.1, 0.15) is 35.8 Å². The Labute approximate surface area is 313 Å². The van der Waals surface area contributed by atoms with E-state index in [1.165, 1.54) is 10.5 Å². The maximum atomic E-state index is 13.3. The van der Waals surface area contributed by atoms with Crippen molar-refractivity contribution in [3.8, 4) is 0 Å². The van der Waals surface area contributed by atoms with Crippen molar-refractivity contribution in [2.24, 2.45) is 9.98 Å². The molecule has 3 amide bonds. The topological polar surface area (TPSA) is 132 Å². The van der Waals surface area contributed by atoms with Gasteiger partial charge in [-0.3, -0.25) is 29.2 Å². The van der Waals surface area contributed by atoms with Crippen LogP contribution in [0.25, 0.3) is 0 Å². The molecule has 272 valence electrons. The molecular formula is C40H43Cl2N5O5. The predicted octanol–water partition coefficient (Wildman–Crippen LogP) is 7.60. The van der Waals surface area contributed by atoms with Crippen molar-refractivity contribution >= 4 is 64.0 Å². The molecule has 2 N–H and O–H groups in total. The van der Waals surface area contributed by atoms with Gasteiger partial charge in [-0.1, -0.05) is 66.4 Å². The molecule has 3 aromatic rings. The van der Waals surface area contributed by atoms with Gasteiger partial charge in [0, 0.05) is 26.9 Å². The van der Waals surface area contributed by atoms with Gasteiger partial charge in [-0.25, -0.2) is 0 Å². The summed E-state index contributed by atoms with van der Waals surface area (Å²) in [6.07, 6.45) is 9.17. The lowest BCUT2D eigenvalue weighted by atomic mass is 9.88. The molecule has 0 saturated heterocycles. The molecule has 10 nitrogen and oxygen atoms in total. The summed E-state index contributed by atoms with van der Waals surface area (Å²) in [6.45, 7) is 3.73. The fourth-order valence-electron chi connectivity index (χ4n) is 7.59. The third-order valence-electron chi connectivity index (χ3n) is 10.5. The molecule has 0 aromatic heterocycles. The number of nitrogens with zero attached hydrogens (tertiary/aromatic N) is 4. The Hall–Kier alpha value is -4.54. The maximum absolute atomic E-state index is 13.3. The highest BCUT2D eigenvalue weighted by Crippen LogP contribution is 2.41. The first-order valence-electron chi connectivity index (χ1n) is 17.8. The van der Waals surface area contributed by atoms with Gasteiger partial charge in [-0.05, 0) is 113 Å². The second-order valence-electron chi connectivity index (χ2n) is 14.0. The highest BCUT2D eigenvalue weighted by Gasteiger charge is 2.49. The number of halogens is 2. The van der Waals surface area contributed by atoms with E-state index in [4.69, 9.17) is 33.3 Å². The zero-order chi connectivity index (χ0) is 37.0. The average molecular weight is 745 g/mol. The quantitative estimate of drug-likeness (QED) is 0.257. The number of carboxylic acids is 1. The van der Waals surface area contributed by atoms with Crippen LogP contribution in [0.4, 0.5) is 5.69 Å². The summed E-state index contributed by atoms with van der Waals surface area (Å²) < 4.78 is 0. The van der Waals surface area contributed by atoms with Crippen molar-refractivity contribution in [2.45, 2.75) is 89.4 Å². The SMILES string of the molecule is Cc1ccc(NC(=O)CN2C(=O)C(c3ccc(Cl)cc3)=NC23CCCCC3)cc1C.O=C(O)CN1C(=O)C(c2ccc(Cl)cc2)=NC12CCCCC2. The number of aliphatic carboxylic acids is 1. The highest BCUT2D eigenvalue weighted by molar-refractivity contribution is 6.47. The van der Waals surface area contributed by atoms with Gasteiger partial charge in [-0.2, -0.15) is 0 Å². The first kappa shape index (κ1) is 37.2. The van der Waals surface area contributed by atoms with Gasteiger partial charge in [0.2, 0.25) is 5.91 Å². The third-order valence-corrected chi connectivity index (χ3v) is 11.0. The van der Waals surface area contributed by atoms with E-state index in [1.807, 2.05) is 44.2 Å². The van der Waals surface area contributed by atoms with Crippen molar-refractivity contribution in [3.63, 3.8) is 0 Å². The van der Waals surface area contributed by atoms with Gasteiger partial charge in [0.05, 0.1) is 0 Å². The number of aryl methyl sites for hydroxylation is 2. The number of amides is 3. The van der Waals surface area contributed by atoms with Crippen LogP contribution < -0.4 is 5.32 Å². The van der Waals surface area contributed by atoms with Crippen molar-refractivity contribution < 1.29 is 24.3 Å². The Morgan fingerprint density at radius 3 is 1.54 bits per heavy atom. The summed E-state index contributed by atoms with van der Waals surface area (Å²) in [7, 11) is 0. The Bertz CT molecular complexity index is 1910. The molecule has 52 heavy (non-hydrogen) atoms. The summed E-state index contributed by atoms with van der Waals surface area (Å²) >= 11 is 11.9. The third kappa shape index (κ3) is 7.93. The molecule has 0 radical (unpaired) electrons. The zero-order valence-corrected chi connectivity index (χ0v) is 31.0. The van der Waals surface area contributed by atoms with Gasteiger partial charge in [0.25, 0.3) is 11.8 Å². The monoisotopic (exact) mass is 743 g/mol. The van der Waals surface area contributed by atoms with E-state index in [0.717, 1.165) is 81.0 Å². The Balaban J connectivity index is 0.000000187. The lowest BCUT2D eigenvalue weighted by Crippen LogP contribution is -2.51. The van der Waals surface area contributed by atoms with Crippen LogP contribution >= 0.6 is 23.2 Å². The molecule has 2 fully saturated rings. The Morgan fingerprint density at radius 2 is 1.12 bits per heavy atom. The molecular weight excluding hydrogens is 701 g/mol. The Morgan fingerprint density at radius 1 is 0.673 bits per heavy atom. The van der Waals surface area contributed by atoms with Gasteiger partial charge >= 0.3 is 5.97 Å². The summed E-state index contributed by atoms with van der Waals surface area (Å²) in [5.41, 5.74) is 3.93. The van der Waals surface area contributed by atoms with Crippen LogP contribution in [0.5, 0.6) is 0 Å². The van der Waals surface area contributed by atoms with Crippen LogP contribution in [0.15, 0.2) is 76.7 Å². The van der Waals surface area contributed by atoms with Crippen molar-refractivity contribution in [2.75, 3.05) is 18.4 Å². The van der Waals surface area contributed by atoms with E-state index < -0.39 is 17.3 Å². The Kier molecular flexibility index (Phi) is 11.2. The van der Waals surface area contributed by atoms with Crippen LogP contribution in [-0.4, -0.2) is 74.4 Å². The van der Waals surface area contributed by atoms with Crippen LogP contribution in [-0.2, 0) is 19.2 Å². The van der Waals surface area contributed by atoms with Crippen LogP contribution in [0.1, 0.15) is 86.5 Å². The molecule has 2 aliphatic carbocycles. The van der Waals surface area contributed by atoms with E-state index >= 15 is 0 Å². The number of carbonyl (C=O) groups is 4. The minimum Gasteiger partial charge on any atom is -0.480 e. The second-order valence-corrected chi connectivity index (χ2v) is 14.9. The largest absolute Gasteiger partial charge is 0.480 e. The zero-order valence-electron chi connectivity index (χ0n) is 29.5. The summed E-state index contributed by atoms with van der Waals surface area (Å²) in [5, 5.41) is 13.3. The van der Waals surface area contributed by atoms with Crippen LogP contribution in [0, 0.1) is 13.8 Å². The number of carboxylic acid groups (broad SMARTS) is 1. The van der Waals surface area contributed by atoms with Crippen LogP contribution in [0.3, 0.4) is 0 Å². The van der Waals surface area contributed by atoms with Crippen molar-refractivity contribution in [1.29, 1.82) is 0 Å². The molecule has 2 saturated carbocycles. The first-order valence-corrected chi connectivity index (χ1v) is 18.6. The van der Waals surface area contributed by atoms with Gasteiger partial charge in [-0.15, -0.1) is 0 Å². The van der Waals surface area contributed by atoms with Crippen molar-refractivity contribution in [3.05, 3.63) is 99.0 Å². The second kappa shape index (κ2) is 15.6. The molecule has 7 rings (SSSR count). The molecule has 12 heteroatoms. The highest BCUT2D eigenvalue weighted by atomic mass is 35.5. The van der Waals surface area contributed by atoms with E-state index in [0.29, 0.717) is 27.0 Å². The molecule has 0 bridgehead atoms. The first-order chi connectivity index (χ1) is 24.9. The van der Waals surface area contributed by atoms with Gasteiger partial charge < -0.3 is 20.2 Å². The number of anilines is 1. The fraction of sp³-hybridized carbons (Fsp3) is 0.400. The molecule has 2 spiro atoms. The summed E-state index contributed by atoms with van der Waals surface area (Å²) in [6, 6.07) is 19.9. The predicted molar refractivity (Wildman–Crippen MR) is 203 cm³/mol. The molecule has 2 heterocycles. The standard InChI is InChI=1S/C24H26ClN3O2.C16H17ClN2O3/c1-16-6-11-20(14-17(16)2)26-21(29)15-28-23(30)22(18-7-9-19(25)10-8-18)27-24(28)12-4-3-5-13-24;17-12-6-4-11(5-7-12)14-15(22)19(10-13(20)21)16(18-14)8-2-1-3-9-16/h6-11,14H,3-5,12-13,15H2,1-2H3,(H,26,29);4-7H,1-3,8-10H2,(H,20,21). The summed E-state index contributed by atoms with van der Waals surface area (Å²) in [4.78, 5) is 62.7. The molecule has 2 aliphatic heterocycles. The number of rotatable bonds is 7. The fourth-order valence-corrected chi connectivity index (χ4v) is 7.85. The smallest absolute Gasteiger partial charge is 0.323 e. The number of hydrogen-bond acceptors (Lipinski definition) is 6. The number of benzene rings is 3. The van der Waals surface area contributed by atoms with E-state index in [2.05, 4.69) is 10.3 Å². The van der Waals surface area contributed by atoms with E-state index in [-0.39, 0.29) is 30.8 Å². The number of carbonyl (C=O) groups excluding carboxylic acids is 3. The van der Waals surface area contributed by atoms with Crippen LogP contribution in [0.2, 0.25) is 10.0 Å². The summed E-state index contributed by atoms with van der Waals surface area (Å²) in [5.74, 6) is -1.70. The van der Waals surface area contributed by atoms with Crippen molar-refractivity contribution in [1.82, 2.24) is 9.80 Å². The number of aliphatic imine (C=N–C) groups is 2. The normalized spacial score (nSPS) is 18.9. The minimum absolute atomic E-state index is 0.00759. The van der Waals surface area contributed by atoms with E-state index in [1.54, 1.807) is 41.3 Å². The average Bonchev–Trinajstić information content (AvgIpc) is 3.53. The maximum Gasteiger partial charge on any atom is 0.323 e. The molecule has 0 unspecified atom stereocenters. The van der Waals surface area contributed by atoms with E-state index in [9.17, 15) is 19.2 Å². The molecule has 0 atom stereocenters. The molecule has 3 aromatic carbocycles.